The molecule has 1 aromatic heterocycles. The van der Waals surface area contributed by atoms with Crippen molar-refractivity contribution in [3.05, 3.63) is 47.8 Å². The van der Waals surface area contributed by atoms with Crippen molar-refractivity contribution in [2.75, 3.05) is 65.5 Å². The number of hydrogen-bond acceptors (Lipinski definition) is 7. The number of methoxy groups -OCH3 is 1. The van der Waals surface area contributed by atoms with Crippen LogP contribution < -0.4 is 9.64 Å². The van der Waals surface area contributed by atoms with Crippen LogP contribution in [0.5, 0.6) is 5.75 Å². The van der Waals surface area contributed by atoms with Gasteiger partial charge in [0.1, 0.15) is 12.4 Å². The Hall–Kier alpha value is -2.69. The number of ether oxygens (including phenoxy) is 2. The van der Waals surface area contributed by atoms with E-state index in [1.54, 1.807) is 57.4 Å². The van der Waals surface area contributed by atoms with E-state index in [2.05, 4.69) is 9.88 Å². The minimum atomic E-state index is -3.69. The Labute approximate surface area is 208 Å². The number of carbonyl (C=O) groups excluding carboxylic acids is 1. The number of aromatic nitrogens is 1. The van der Waals surface area contributed by atoms with E-state index in [-0.39, 0.29) is 30.6 Å². The molecular formula is C25H36N4O5S. The van der Waals surface area contributed by atoms with Gasteiger partial charge in [-0.3, -0.25) is 9.78 Å². The molecule has 0 aliphatic carbocycles. The molecule has 0 spiro atoms. The number of aryl methyl sites for hydroxylation is 2. The van der Waals surface area contributed by atoms with Crippen LogP contribution in [0.15, 0.2) is 41.6 Å². The van der Waals surface area contributed by atoms with Crippen molar-refractivity contribution < 1.29 is 22.7 Å². The number of benzene rings is 1. The standard InChI is InChI=1S/C25H36N4O5S/c1-19-14-23(33-5)15-20(2)25(19)35(31,32)28(4)12-13-34-18-24(30)27(3)16-21-8-11-29(17-21)22-6-9-26-10-7-22/h6-7,9-10,14-15,21H,8,11-13,16-18H2,1-5H3. The molecule has 1 saturated heterocycles. The van der Waals surface area contributed by atoms with Gasteiger partial charge in [-0.1, -0.05) is 0 Å². The Morgan fingerprint density at radius 3 is 2.46 bits per heavy atom. The van der Waals surface area contributed by atoms with Crippen molar-refractivity contribution in [1.29, 1.82) is 0 Å². The lowest BCUT2D eigenvalue weighted by Gasteiger charge is -2.23. The summed E-state index contributed by atoms with van der Waals surface area (Å²) >= 11 is 0. The third kappa shape index (κ3) is 6.71. The van der Waals surface area contributed by atoms with E-state index < -0.39 is 10.0 Å². The number of nitrogens with zero attached hydrogens (tertiary/aromatic N) is 4. The van der Waals surface area contributed by atoms with Crippen molar-refractivity contribution in [1.82, 2.24) is 14.2 Å². The van der Waals surface area contributed by atoms with Gasteiger partial charge < -0.3 is 19.3 Å². The molecule has 1 aliphatic rings. The fourth-order valence-electron chi connectivity index (χ4n) is 4.43. The molecule has 9 nitrogen and oxygen atoms in total. The largest absolute Gasteiger partial charge is 0.497 e. The zero-order valence-corrected chi connectivity index (χ0v) is 22.0. The molecule has 0 N–H and O–H groups in total. The highest BCUT2D eigenvalue weighted by Gasteiger charge is 2.27. The van der Waals surface area contributed by atoms with E-state index in [9.17, 15) is 13.2 Å². The van der Waals surface area contributed by atoms with Crippen LogP contribution in [0.1, 0.15) is 17.5 Å². The summed E-state index contributed by atoms with van der Waals surface area (Å²) in [6.07, 6.45) is 4.60. The number of carbonyl (C=O) groups is 1. The summed E-state index contributed by atoms with van der Waals surface area (Å²) in [6, 6.07) is 7.41. The van der Waals surface area contributed by atoms with Crippen LogP contribution in [-0.4, -0.2) is 89.1 Å². The summed E-state index contributed by atoms with van der Waals surface area (Å²) in [7, 11) is 1.16. The lowest BCUT2D eigenvalue weighted by atomic mass is 10.1. The molecule has 1 atom stereocenters. The van der Waals surface area contributed by atoms with Gasteiger partial charge in [-0.05, 0) is 61.6 Å². The molecule has 1 fully saturated rings. The Morgan fingerprint density at radius 2 is 1.83 bits per heavy atom. The summed E-state index contributed by atoms with van der Waals surface area (Å²) in [5.74, 6) is 0.902. The highest BCUT2D eigenvalue weighted by Crippen LogP contribution is 2.28. The van der Waals surface area contributed by atoms with E-state index in [0.717, 1.165) is 25.2 Å². The monoisotopic (exact) mass is 504 g/mol. The maximum atomic E-state index is 13.1. The van der Waals surface area contributed by atoms with E-state index in [0.29, 0.717) is 29.3 Å². The van der Waals surface area contributed by atoms with Gasteiger partial charge in [0.05, 0.1) is 18.6 Å². The highest BCUT2D eigenvalue weighted by atomic mass is 32.2. The minimum absolute atomic E-state index is 0.0776. The molecule has 0 radical (unpaired) electrons. The Kier molecular flexibility index (Phi) is 9.09. The lowest BCUT2D eigenvalue weighted by Crippen LogP contribution is -2.36. The first-order chi connectivity index (χ1) is 16.6. The molecule has 0 bridgehead atoms. The average Bonchev–Trinajstić information content (AvgIpc) is 3.29. The third-order valence-electron chi connectivity index (χ3n) is 6.39. The van der Waals surface area contributed by atoms with Gasteiger partial charge in [-0.15, -0.1) is 0 Å². The predicted molar refractivity (Wildman–Crippen MR) is 135 cm³/mol. The SMILES string of the molecule is COc1cc(C)c(S(=O)(=O)N(C)CCOCC(=O)N(C)CC2CCN(c3ccncc3)C2)c(C)c1. The molecule has 2 aromatic rings. The van der Waals surface area contributed by atoms with Crippen LogP contribution in [0.2, 0.25) is 0 Å². The van der Waals surface area contributed by atoms with Crippen molar-refractivity contribution in [3.63, 3.8) is 0 Å². The number of pyridine rings is 1. The van der Waals surface area contributed by atoms with Crippen LogP contribution >= 0.6 is 0 Å². The molecule has 1 amide bonds. The first-order valence-electron chi connectivity index (χ1n) is 11.7. The molecule has 10 heteroatoms. The van der Waals surface area contributed by atoms with Crippen molar-refractivity contribution >= 4 is 21.6 Å². The molecule has 35 heavy (non-hydrogen) atoms. The maximum absolute atomic E-state index is 13.1. The fourth-order valence-corrected chi connectivity index (χ4v) is 5.99. The second-order valence-corrected chi connectivity index (χ2v) is 11.0. The van der Waals surface area contributed by atoms with E-state index in [1.807, 2.05) is 12.1 Å². The summed E-state index contributed by atoms with van der Waals surface area (Å²) in [5.41, 5.74) is 2.40. The Balaban J connectivity index is 1.43. The zero-order chi connectivity index (χ0) is 25.6. The molecule has 1 unspecified atom stereocenters. The van der Waals surface area contributed by atoms with Gasteiger partial charge in [-0.2, -0.15) is 4.31 Å². The number of amides is 1. The molecular weight excluding hydrogens is 468 g/mol. The quantitative estimate of drug-likeness (QED) is 0.434. The van der Waals surface area contributed by atoms with Crippen molar-refractivity contribution in [2.24, 2.45) is 5.92 Å². The number of likely N-dealkylation sites (N-methyl/N-ethyl adjacent to an activating group) is 2. The van der Waals surface area contributed by atoms with Crippen LogP contribution in [0.25, 0.3) is 0 Å². The number of hydrogen-bond donors (Lipinski definition) is 0. The second kappa shape index (κ2) is 11.8. The molecule has 2 heterocycles. The summed E-state index contributed by atoms with van der Waals surface area (Å²) in [6.45, 7) is 6.22. The smallest absolute Gasteiger partial charge is 0.248 e. The summed E-state index contributed by atoms with van der Waals surface area (Å²) < 4.78 is 38.2. The van der Waals surface area contributed by atoms with Gasteiger partial charge in [0.15, 0.2) is 0 Å². The zero-order valence-electron chi connectivity index (χ0n) is 21.2. The van der Waals surface area contributed by atoms with Gasteiger partial charge >= 0.3 is 0 Å². The van der Waals surface area contributed by atoms with E-state index in [1.165, 1.54) is 11.4 Å². The molecule has 1 aliphatic heterocycles. The molecule has 192 valence electrons. The normalized spacial score (nSPS) is 16.1. The maximum Gasteiger partial charge on any atom is 0.248 e. The second-order valence-electron chi connectivity index (χ2n) is 9.05. The van der Waals surface area contributed by atoms with E-state index in [4.69, 9.17) is 9.47 Å². The van der Waals surface area contributed by atoms with Crippen LogP contribution in [0, 0.1) is 19.8 Å². The van der Waals surface area contributed by atoms with Gasteiger partial charge in [0, 0.05) is 58.4 Å². The first-order valence-corrected chi connectivity index (χ1v) is 13.2. The molecule has 3 rings (SSSR count). The summed E-state index contributed by atoms with van der Waals surface area (Å²) in [4.78, 5) is 20.9. The molecule has 0 saturated carbocycles. The topological polar surface area (TPSA) is 92.3 Å². The lowest BCUT2D eigenvalue weighted by molar-refractivity contribution is -0.135. The van der Waals surface area contributed by atoms with Gasteiger partial charge in [0.2, 0.25) is 15.9 Å². The van der Waals surface area contributed by atoms with E-state index >= 15 is 0 Å². The summed E-state index contributed by atoms with van der Waals surface area (Å²) in [5, 5.41) is 0. The average molecular weight is 505 g/mol. The van der Waals surface area contributed by atoms with Crippen LogP contribution in [0.4, 0.5) is 5.69 Å². The number of anilines is 1. The van der Waals surface area contributed by atoms with Gasteiger partial charge in [-0.25, -0.2) is 8.42 Å². The predicted octanol–water partition coefficient (Wildman–Crippen LogP) is 2.33. The minimum Gasteiger partial charge on any atom is -0.497 e. The van der Waals surface area contributed by atoms with Crippen LogP contribution in [0.3, 0.4) is 0 Å². The van der Waals surface area contributed by atoms with Crippen molar-refractivity contribution in [2.45, 2.75) is 25.2 Å². The third-order valence-corrected chi connectivity index (χ3v) is 8.55. The Morgan fingerprint density at radius 1 is 1.17 bits per heavy atom. The number of rotatable bonds is 11. The first kappa shape index (κ1) is 26.9. The highest BCUT2D eigenvalue weighted by molar-refractivity contribution is 7.89. The van der Waals surface area contributed by atoms with Gasteiger partial charge in [0.25, 0.3) is 0 Å². The van der Waals surface area contributed by atoms with Crippen molar-refractivity contribution in [3.8, 4) is 5.75 Å². The van der Waals surface area contributed by atoms with Crippen LogP contribution in [-0.2, 0) is 19.6 Å². The fraction of sp³-hybridized carbons (Fsp3) is 0.520. The Bertz CT molecular complexity index is 1090. The molecule has 1 aromatic carbocycles. The number of sulfonamides is 1.